The number of aromatic nitrogens is 6. The highest BCUT2D eigenvalue weighted by atomic mass is 35.5. The molecule has 1 fully saturated rings. The molecule has 1 unspecified atom stereocenters. The number of halogens is 2. The summed E-state index contributed by atoms with van der Waals surface area (Å²) in [5, 5.41) is 8.74. The summed E-state index contributed by atoms with van der Waals surface area (Å²) in [5.74, 6) is 1.87. The molecule has 4 aromatic heterocycles. The van der Waals surface area contributed by atoms with Gasteiger partial charge in [0.2, 0.25) is 17.7 Å². The molecule has 0 radical (unpaired) electrons. The van der Waals surface area contributed by atoms with Crippen molar-refractivity contribution in [3.8, 4) is 11.6 Å². The van der Waals surface area contributed by atoms with Crippen molar-refractivity contribution in [1.82, 2.24) is 34.4 Å². The summed E-state index contributed by atoms with van der Waals surface area (Å²) < 4.78 is 6.73. The van der Waals surface area contributed by atoms with Crippen molar-refractivity contribution in [3.05, 3.63) is 46.4 Å². The Labute approximate surface area is 187 Å². The second kappa shape index (κ2) is 8.29. The zero-order valence-corrected chi connectivity index (χ0v) is 17.9. The maximum atomic E-state index is 6.30. The van der Waals surface area contributed by atoms with Crippen LogP contribution in [0.4, 0.5) is 11.9 Å². The van der Waals surface area contributed by atoms with Crippen molar-refractivity contribution in [1.29, 1.82) is 0 Å². The highest BCUT2D eigenvalue weighted by Gasteiger charge is 2.26. The van der Waals surface area contributed by atoms with E-state index in [1.807, 2.05) is 0 Å². The van der Waals surface area contributed by atoms with Crippen molar-refractivity contribution in [2.45, 2.75) is 25.4 Å². The van der Waals surface area contributed by atoms with E-state index in [0.717, 1.165) is 24.9 Å². The van der Waals surface area contributed by atoms with Crippen LogP contribution in [0.15, 0.2) is 35.2 Å². The summed E-state index contributed by atoms with van der Waals surface area (Å²) in [6.45, 7) is 2.26. The summed E-state index contributed by atoms with van der Waals surface area (Å²) in [7, 11) is 0. The average molecular weight is 460 g/mol. The zero-order valence-electron chi connectivity index (χ0n) is 16.4. The molecule has 3 N–H and O–H groups in total. The maximum Gasteiger partial charge on any atom is 0.259 e. The number of anilines is 2. The molecule has 5 heterocycles. The molecule has 0 aliphatic carbocycles. The molecule has 0 bridgehead atoms. The number of hydrogen-bond donors (Lipinski definition) is 2. The number of pyridine rings is 1. The highest BCUT2D eigenvalue weighted by Crippen LogP contribution is 2.28. The number of fused-ring (bicyclic) bond motifs is 1. The van der Waals surface area contributed by atoms with E-state index < -0.39 is 0 Å². The van der Waals surface area contributed by atoms with Gasteiger partial charge in [0, 0.05) is 37.1 Å². The molecule has 0 amide bonds. The lowest BCUT2D eigenvalue weighted by molar-refractivity contribution is 0.254. The first-order valence-electron chi connectivity index (χ1n) is 9.78. The topological polar surface area (TPSA) is 123 Å². The Bertz CT molecular complexity index is 1190. The molecule has 31 heavy (non-hydrogen) atoms. The van der Waals surface area contributed by atoms with Crippen LogP contribution in [0.25, 0.3) is 17.4 Å². The van der Waals surface area contributed by atoms with Crippen LogP contribution in [0.1, 0.15) is 18.4 Å². The minimum absolute atomic E-state index is 0.191. The fourth-order valence-corrected chi connectivity index (χ4v) is 4.21. The molecular formula is C19H19Cl2N9O. The third kappa shape index (κ3) is 4.01. The molecule has 0 aromatic carbocycles. The van der Waals surface area contributed by atoms with Crippen LogP contribution in [0.2, 0.25) is 10.0 Å². The van der Waals surface area contributed by atoms with Gasteiger partial charge in [0.1, 0.15) is 0 Å². The summed E-state index contributed by atoms with van der Waals surface area (Å²) in [5.41, 5.74) is 6.95. The van der Waals surface area contributed by atoms with Crippen LogP contribution in [-0.2, 0) is 6.54 Å². The molecule has 1 saturated heterocycles. The number of rotatable bonds is 6. The van der Waals surface area contributed by atoms with Crippen molar-refractivity contribution < 1.29 is 4.42 Å². The van der Waals surface area contributed by atoms with Crippen LogP contribution in [-0.4, -0.2) is 53.6 Å². The molecule has 1 aliphatic rings. The van der Waals surface area contributed by atoms with Crippen LogP contribution in [0, 0.1) is 0 Å². The molecule has 12 heteroatoms. The number of nitrogens with one attached hydrogen (secondary N) is 1. The molecule has 5 rings (SSSR count). The lowest BCUT2D eigenvalue weighted by Gasteiger charge is -2.25. The van der Waals surface area contributed by atoms with Gasteiger partial charge in [-0.3, -0.25) is 9.88 Å². The predicted molar refractivity (Wildman–Crippen MR) is 117 cm³/mol. The molecule has 160 valence electrons. The lowest BCUT2D eigenvalue weighted by Crippen LogP contribution is -2.35. The molecule has 0 saturated carbocycles. The van der Waals surface area contributed by atoms with E-state index in [1.165, 1.54) is 4.52 Å². The Balaban J connectivity index is 1.31. The van der Waals surface area contributed by atoms with Gasteiger partial charge >= 0.3 is 0 Å². The van der Waals surface area contributed by atoms with E-state index in [-0.39, 0.29) is 12.0 Å². The maximum absolute atomic E-state index is 6.30. The third-order valence-electron chi connectivity index (χ3n) is 5.28. The number of nitrogens with zero attached hydrogens (tertiary/aromatic N) is 7. The summed E-state index contributed by atoms with van der Waals surface area (Å²) in [6, 6.07) is 3.81. The molecule has 1 atom stereocenters. The monoisotopic (exact) mass is 459 g/mol. The number of nitrogen functional groups attached to an aromatic ring is 1. The second-order valence-corrected chi connectivity index (χ2v) is 8.07. The van der Waals surface area contributed by atoms with E-state index >= 15 is 0 Å². The van der Waals surface area contributed by atoms with E-state index in [2.05, 4.69) is 35.3 Å². The minimum atomic E-state index is 0.191. The quantitative estimate of drug-likeness (QED) is 0.447. The van der Waals surface area contributed by atoms with Gasteiger partial charge in [0.25, 0.3) is 5.78 Å². The van der Waals surface area contributed by atoms with Gasteiger partial charge in [-0.05, 0) is 31.5 Å². The Morgan fingerprint density at radius 1 is 1.19 bits per heavy atom. The number of nitrogens with two attached hydrogens (primary N) is 1. The number of likely N-dealkylation sites (tertiary alicyclic amines) is 1. The summed E-state index contributed by atoms with van der Waals surface area (Å²) in [6.07, 6.45) is 6.92. The van der Waals surface area contributed by atoms with Crippen LogP contribution in [0.5, 0.6) is 0 Å². The van der Waals surface area contributed by atoms with Crippen molar-refractivity contribution >= 4 is 40.9 Å². The highest BCUT2D eigenvalue weighted by molar-refractivity contribution is 6.35. The zero-order chi connectivity index (χ0) is 21.4. The Hall–Kier alpha value is -2.95. The van der Waals surface area contributed by atoms with Crippen LogP contribution in [0.3, 0.4) is 0 Å². The predicted octanol–water partition coefficient (Wildman–Crippen LogP) is 3.14. The van der Waals surface area contributed by atoms with E-state index in [0.29, 0.717) is 46.4 Å². The minimum Gasteiger partial charge on any atom is -0.461 e. The van der Waals surface area contributed by atoms with Crippen molar-refractivity contribution in [2.75, 3.05) is 24.1 Å². The second-order valence-electron chi connectivity index (χ2n) is 7.26. The first kappa shape index (κ1) is 20.0. The molecular weight excluding hydrogens is 441 g/mol. The Morgan fingerprint density at radius 3 is 2.81 bits per heavy atom. The van der Waals surface area contributed by atoms with Gasteiger partial charge < -0.3 is 15.5 Å². The molecule has 4 aromatic rings. The van der Waals surface area contributed by atoms with E-state index in [9.17, 15) is 0 Å². The molecule has 0 spiro atoms. The van der Waals surface area contributed by atoms with Crippen molar-refractivity contribution in [3.63, 3.8) is 0 Å². The van der Waals surface area contributed by atoms with Crippen LogP contribution >= 0.6 is 23.2 Å². The third-order valence-corrected chi connectivity index (χ3v) is 5.93. The molecule has 10 nitrogen and oxygen atoms in total. The van der Waals surface area contributed by atoms with E-state index in [1.54, 1.807) is 30.8 Å². The first-order chi connectivity index (χ1) is 15.1. The summed E-state index contributed by atoms with van der Waals surface area (Å²) in [4.78, 5) is 19.5. The SMILES string of the molecule is Nc1nc(NCC2CCCN2Cc2c(Cl)cncc2Cl)nc2nc(-c3ccco3)nn12. The largest absolute Gasteiger partial charge is 0.461 e. The Kier molecular flexibility index (Phi) is 5.34. The number of furan rings is 1. The van der Waals surface area contributed by atoms with Crippen LogP contribution < -0.4 is 11.1 Å². The average Bonchev–Trinajstić information content (AvgIpc) is 3.49. The smallest absolute Gasteiger partial charge is 0.259 e. The van der Waals surface area contributed by atoms with Gasteiger partial charge in [-0.2, -0.15) is 19.5 Å². The normalized spacial score (nSPS) is 16.9. The fourth-order valence-electron chi connectivity index (χ4n) is 3.73. The Morgan fingerprint density at radius 2 is 2.03 bits per heavy atom. The van der Waals surface area contributed by atoms with Gasteiger partial charge in [0.15, 0.2) is 5.76 Å². The van der Waals surface area contributed by atoms with Gasteiger partial charge in [-0.15, -0.1) is 5.10 Å². The van der Waals surface area contributed by atoms with Gasteiger partial charge in [-0.1, -0.05) is 23.2 Å². The number of hydrogen-bond acceptors (Lipinski definition) is 9. The summed E-state index contributed by atoms with van der Waals surface area (Å²) >= 11 is 12.6. The van der Waals surface area contributed by atoms with Gasteiger partial charge in [0.05, 0.1) is 16.3 Å². The van der Waals surface area contributed by atoms with E-state index in [4.69, 9.17) is 33.4 Å². The lowest BCUT2D eigenvalue weighted by atomic mass is 10.2. The first-order valence-corrected chi connectivity index (χ1v) is 10.5. The van der Waals surface area contributed by atoms with Crippen molar-refractivity contribution in [2.24, 2.45) is 0 Å². The standard InChI is InChI=1S/C19H19Cl2N9O/c20-13-8-23-9-14(21)12(13)10-29-5-1-3-11(29)7-24-18-26-17(22)30-19(27-18)25-16(28-30)15-4-2-6-31-15/h2,4,6,8-9,11H,1,3,5,7,10H2,(H3,22,24,25,26,27,28). The van der Waals surface area contributed by atoms with Gasteiger partial charge in [-0.25, -0.2) is 0 Å². The fraction of sp³-hybridized carbons (Fsp3) is 0.316. The molecule has 1 aliphatic heterocycles.